The summed E-state index contributed by atoms with van der Waals surface area (Å²) in [5, 5.41) is 0.556. The predicted molar refractivity (Wildman–Crippen MR) is 59.3 cm³/mol. The minimum Gasteiger partial charge on any atom is -0.307 e. The number of aromatic nitrogens is 2. The molecule has 4 heteroatoms. The van der Waals surface area contributed by atoms with Crippen LogP contribution in [0.1, 0.15) is 11.1 Å². The van der Waals surface area contributed by atoms with E-state index < -0.39 is 0 Å². The van der Waals surface area contributed by atoms with Crippen LogP contribution >= 0.6 is 0 Å². The van der Waals surface area contributed by atoms with Crippen molar-refractivity contribution in [2.75, 3.05) is 0 Å². The fraction of sp³-hybridized carbons (Fsp3) is 0.273. The predicted octanol–water partition coefficient (Wildman–Crippen LogP) is 0.844. The highest BCUT2D eigenvalue weighted by atomic mass is 16.2. The number of hydrogen-bond acceptors (Lipinski definition) is 2. The van der Waals surface area contributed by atoms with Crippen LogP contribution in [0.25, 0.3) is 10.9 Å². The Kier molecular flexibility index (Phi) is 2.00. The smallest absolute Gasteiger partial charge is 0.307 e. The summed E-state index contributed by atoms with van der Waals surface area (Å²) in [4.78, 5) is 25.8. The Bertz CT molecular complexity index is 650. The Morgan fingerprint density at radius 2 is 1.73 bits per heavy atom. The Balaban J connectivity index is 3.07. The molecule has 1 heterocycles. The molecule has 0 aliphatic heterocycles. The normalized spacial score (nSPS) is 10.9. The lowest BCUT2D eigenvalue weighted by atomic mass is 10.1. The molecule has 1 aromatic carbocycles. The maximum absolute atomic E-state index is 11.8. The SMILES string of the molecule is Cc1cc2[nH]c(=O)n(C)c(=O)c2cc1C. The molecule has 0 amide bonds. The lowest BCUT2D eigenvalue weighted by Gasteiger charge is -2.04. The molecule has 1 N–H and O–H groups in total. The average molecular weight is 204 g/mol. The molecule has 2 aromatic rings. The number of aryl methyl sites for hydroxylation is 2. The van der Waals surface area contributed by atoms with Crippen LogP contribution in [0.4, 0.5) is 0 Å². The van der Waals surface area contributed by atoms with Crippen LogP contribution in [0.3, 0.4) is 0 Å². The van der Waals surface area contributed by atoms with Gasteiger partial charge in [0.1, 0.15) is 0 Å². The van der Waals surface area contributed by atoms with Crippen molar-refractivity contribution in [3.05, 3.63) is 44.1 Å². The van der Waals surface area contributed by atoms with Gasteiger partial charge in [0.2, 0.25) is 0 Å². The second-order valence-corrected chi connectivity index (χ2v) is 3.78. The van der Waals surface area contributed by atoms with Crippen molar-refractivity contribution in [2.45, 2.75) is 13.8 Å². The molecule has 0 bridgehead atoms. The summed E-state index contributed by atoms with van der Waals surface area (Å²) < 4.78 is 1.08. The summed E-state index contributed by atoms with van der Waals surface area (Å²) >= 11 is 0. The number of aromatic amines is 1. The molecule has 0 atom stereocenters. The maximum atomic E-state index is 11.8. The van der Waals surface area contributed by atoms with Gasteiger partial charge < -0.3 is 4.98 Å². The van der Waals surface area contributed by atoms with E-state index in [1.807, 2.05) is 26.0 Å². The van der Waals surface area contributed by atoms with E-state index in [0.29, 0.717) is 10.9 Å². The highest BCUT2D eigenvalue weighted by Gasteiger charge is 2.05. The van der Waals surface area contributed by atoms with Gasteiger partial charge in [-0.25, -0.2) is 4.79 Å². The molecular weight excluding hydrogens is 192 g/mol. The first-order valence-corrected chi connectivity index (χ1v) is 4.71. The molecule has 0 aliphatic carbocycles. The second-order valence-electron chi connectivity index (χ2n) is 3.78. The molecule has 0 spiro atoms. The van der Waals surface area contributed by atoms with Crippen LogP contribution in [-0.4, -0.2) is 9.55 Å². The van der Waals surface area contributed by atoms with Gasteiger partial charge in [-0.3, -0.25) is 9.36 Å². The first-order valence-electron chi connectivity index (χ1n) is 4.71. The van der Waals surface area contributed by atoms with Gasteiger partial charge in [-0.2, -0.15) is 0 Å². The molecule has 0 aliphatic rings. The average Bonchev–Trinajstić information content (AvgIpc) is 2.19. The molecule has 0 saturated carbocycles. The molecule has 0 saturated heterocycles. The van der Waals surface area contributed by atoms with E-state index >= 15 is 0 Å². The lowest BCUT2D eigenvalue weighted by molar-refractivity contribution is 0.793. The zero-order valence-electron chi connectivity index (χ0n) is 8.92. The van der Waals surface area contributed by atoms with Crippen LogP contribution in [-0.2, 0) is 7.05 Å². The van der Waals surface area contributed by atoms with E-state index in [1.54, 1.807) is 0 Å². The fourth-order valence-corrected chi connectivity index (χ4v) is 1.57. The third-order valence-corrected chi connectivity index (χ3v) is 2.72. The number of H-pyrrole nitrogens is 1. The quantitative estimate of drug-likeness (QED) is 0.691. The van der Waals surface area contributed by atoms with Crippen molar-refractivity contribution >= 4 is 10.9 Å². The van der Waals surface area contributed by atoms with Crippen molar-refractivity contribution in [3.63, 3.8) is 0 Å². The molecule has 78 valence electrons. The van der Waals surface area contributed by atoms with Gasteiger partial charge in [-0.05, 0) is 37.1 Å². The second kappa shape index (κ2) is 3.08. The topological polar surface area (TPSA) is 54.9 Å². The van der Waals surface area contributed by atoms with Crippen molar-refractivity contribution in [1.29, 1.82) is 0 Å². The molecule has 0 radical (unpaired) electrons. The Morgan fingerprint density at radius 1 is 1.13 bits per heavy atom. The first kappa shape index (κ1) is 9.71. The standard InChI is InChI=1S/C11H12N2O2/c1-6-4-8-9(5-7(6)2)12-11(15)13(3)10(8)14/h4-5H,1-3H3,(H,12,15). The summed E-state index contributed by atoms with van der Waals surface area (Å²) in [5.41, 5.74) is 2.08. The van der Waals surface area contributed by atoms with E-state index in [1.165, 1.54) is 7.05 Å². The van der Waals surface area contributed by atoms with E-state index in [-0.39, 0.29) is 11.2 Å². The maximum Gasteiger partial charge on any atom is 0.328 e. The van der Waals surface area contributed by atoms with Gasteiger partial charge in [0.05, 0.1) is 10.9 Å². The van der Waals surface area contributed by atoms with E-state index in [9.17, 15) is 9.59 Å². The monoisotopic (exact) mass is 204 g/mol. The van der Waals surface area contributed by atoms with Gasteiger partial charge >= 0.3 is 5.69 Å². The van der Waals surface area contributed by atoms with Gasteiger partial charge in [0, 0.05) is 7.05 Å². The molecule has 1 aromatic heterocycles. The number of hydrogen-bond donors (Lipinski definition) is 1. The largest absolute Gasteiger partial charge is 0.328 e. The van der Waals surface area contributed by atoms with Crippen LogP contribution in [0.15, 0.2) is 21.7 Å². The van der Waals surface area contributed by atoms with Crippen LogP contribution in [0.5, 0.6) is 0 Å². The number of benzene rings is 1. The highest BCUT2D eigenvalue weighted by Crippen LogP contribution is 2.12. The molecular formula is C11H12N2O2. The van der Waals surface area contributed by atoms with Crippen LogP contribution in [0, 0.1) is 13.8 Å². The molecule has 4 nitrogen and oxygen atoms in total. The van der Waals surface area contributed by atoms with Crippen molar-refractivity contribution in [3.8, 4) is 0 Å². The lowest BCUT2D eigenvalue weighted by Crippen LogP contribution is -2.32. The Labute approximate surface area is 86.2 Å². The fourth-order valence-electron chi connectivity index (χ4n) is 1.57. The summed E-state index contributed by atoms with van der Waals surface area (Å²) in [6.45, 7) is 3.89. The number of nitrogens with one attached hydrogen (secondary N) is 1. The van der Waals surface area contributed by atoms with Crippen molar-refractivity contribution in [2.24, 2.45) is 7.05 Å². The zero-order valence-corrected chi connectivity index (χ0v) is 8.92. The van der Waals surface area contributed by atoms with E-state index in [4.69, 9.17) is 0 Å². The summed E-state index contributed by atoms with van der Waals surface area (Å²) in [6.07, 6.45) is 0. The molecule has 2 rings (SSSR count). The number of fused-ring (bicyclic) bond motifs is 1. The number of nitrogens with zero attached hydrogens (tertiary/aromatic N) is 1. The highest BCUT2D eigenvalue weighted by molar-refractivity contribution is 5.79. The molecule has 0 unspecified atom stereocenters. The third-order valence-electron chi connectivity index (χ3n) is 2.72. The zero-order chi connectivity index (χ0) is 11.2. The third kappa shape index (κ3) is 1.38. The minimum absolute atomic E-state index is 0.253. The van der Waals surface area contributed by atoms with E-state index in [2.05, 4.69) is 4.98 Å². The molecule has 15 heavy (non-hydrogen) atoms. The van der Waals surface area contributed by atoms with Gasteiger partial charge in [0.25, 0.3) is 5.56 Å². The first-order chi connectivity index (χ1) is 7.00. The molecule has 0 fully saturated rings. The summed E-state index contributed by atoms with van der Waals surface area (Å²) in [6, 6.07) is 3.64. The Hall–Kier alpha value is -1.84. The number of rotatable bonds is 0. The summed E-state index contributed by atoms with van der Waals surface area (Å²) in [7, 11) is 1.47. The van der Waals surface area contributed by atoms with Crippen molar-refractivity contribution in [1.82, 2.24) is 9.55 Å². The minimum atomic E-state index is -0.379. The van der Waals surface area contributed by atoms with Gasteiger partial charge in [0.15, 0.2) is 0 Å². The van der Waals surface area contributed by atoms with Crippen LogP contribution < -0.4 is 11.2 Å². The summed E-state index contributed by atoms with van der Waals surface area (Å²) in [5.74, 6) is 0. The Morgan fingerprint density at radius 3 is 2.40 bits per heavy atom. The van der Waals surface area contributed by atoms with Gasteiger partial charge in [-0.1, -0.05) is 0 Å². The van der Waals surface area contributed by atoms with Crippen molar-refractivity contribution < 1.29 is 0 Å². The van der Waals surface area contributed by atoms with Crippen LogP contribution in [0.2, 0.25) is 0 Å². The van der Waals surface area contributed by atoms with E-state index in [0.717, 1.165) is 15.7 Å². The van der Waals surface area contributed by atoms with Gasteiger partial charge in [-0.15, -0.1) is 0 Å².